The average molecular weight is 388 g/mol. The van der Waals surface area contributed by atoms with E-state index in [9.17, 15) is 5.11 Å². The molecule has 0 saturated heterocycles. The molecule has 0 unspecified atom stereocenters. The minimum atomic E-state index is -1.01. The summed E-state index contributed by atoms with van der Waals surface area (Å²) in [6.45, 7) is 20.9. The predicted octanol–water partition coefficient (Wildman–Crippen LogP) is 5.63. The maximum atomic E-state index is 10.3. The fourth-order valence-electron chi connectivity index (χ4n) is 1.86. The Labute approximate surface area is 171 Å². The van der Waals surface area contributed by atoms with Crippen LogP contribution in [0.1, 0.15) is 41.0 Å². The average Bonchev–Trinajstić information content (AvgIpc) is 2.59. The largest absolute Gasteiger partial charge is 0.494 e. The summed E-state index contributed by atoms with van der Waals surface area (Å²) in [4.78, 5) is 6.01. The van der Waals surface area contributed by atoms with Crippen molar-refractivity contribution in [3.8, 4) is 0 Å². The summed E-state index contributed by atoms with van der Waals surface area (Å²) < 4.78 is 5.69. The molecule has 0 aliphatic carbocycles. The van der Waals surface area contributed by atoms with Gasteiger partial charge in [-0.1, -0.05) is 62.3 Å². The monoisotopic (exact) mass is 387 g/mol. The van der Waals surface area contributed by atoms with Crippen LogP contribution in [0.5, 0.6) is 0 Å². The normalized spacial score (nSPS) is 13.8. The van der Waals surface area contributed by atoms with E-state index < -0.39 is 11.2 Å². The number of likely N-dealkylation sites (N-methyl/N-ethyl adjacent to an activating group) is 1. The van der Waals surface area contributed by atoms with E-state index in [0.29, 0.717) is 18.8 Å². The van der Waals surface area contributed by atoms with Crippen LogP contribution in [0, 0.1) is 0 Å². The molecule has 0 saturated carbocycles. The summed E-state index contributed by atoms with van der Waals surface area (Å²) in [6.07, 6.45) is 15.5. The lowest BCUT2D eigenvalue weighted by Gasteiger charge is -2.40. The summed E-state index contributed by atoms with van der Waals surface area (Å²) in [5.41, 5.74) is -0.0339. The molecular weight excluding hydrogens is 350 g/mol. The second kappa shape index (κ2) is 12.2. The molecule has 0 spiro atoms. The molecule has 1 N–H and O–H groups in total. The molecule has 0 bridgehead atoms. The Kier molecular flexibility index (Phi) is 11.2. The zero-order valence-corrected chi connectivity index (χ0v) is 18.4. The molecule has 4 heteroatoms. The molecule has 0 aromatic heterocycles. The summed E-state index contributed by atoms with van der Waals surface area (Å²) in [5.74, 6) is 0.629. The Morgan fingerprint density at radius 1 is 1.14 bits per heavy atom. The third kappa shape index (κ3) is 9.58. The summed E-state index contributed by atoms with van der Waals surface area (Å²) in [5, 5.41) is 12.0. The van der Waals surface area contributed by atoms with Gasteiger partial charge in [0.2, 0.25) is 0 Å². The molecule has 0 amide bonds. The van der Waals surface area contributed by atoms with Crippen LogP contribution in [0.4, 0.5) is 0 Å². The maximum absolute atomic E-state index is 10.3. The quantitative estimate of drug-likeness (QED) is 0.252. The van der Waals surface area contributed by atoms with Crippen molar-refractivity contribution in [1.29, 1.82) is 0 Å². The fraction of sp³-hybridized carbons (Fsp3) is 0.417. The van der Waals surface area contributed by atoms with E-state index in [4.69, 9.17) is 9.57 Å². The molecular formula is C24H37NO3. The molecule has 0 heterocycles. The number of hydrogen-bond acceptors (Lipinski definition) is 4. The zero-order chi connectivity index (χ0) is 21.8. The molecule has 0 atom stereocenters. The van der Waals surface area contributed by atoms with Crippen molar-refractivity contribution in [3.63, 3.8) is 0 Å². The first-order valence-corrected chi connectivity index (χ1v) is 9.37. The van der Waals surface area contributed by atoms with Crippen LogP contribution in [0.25, 0.3) is 0 Å². The topological polar surface area (TPSA) is 41.9 Å². The Balaban J connectivity index is 5.23. The number of rotatable bonds is 13. The first-order chi connectivity index (χ1) is 13.0. The lowest BCUT2D eigenvalue weighted by atomic mass is 9.90. The van der Waals surface area contributed by atoms with Gasteiger partial charge in [-0.05, 0) is 46.3 Å². The van der Waals surface area contributed by atoms with Gasteiger partial charge in [-0.3, -0.25) is 9.90 Å². The molecule has 0 aromatic carbocycles. The lowest BCUT2D eigenvalue weighted by Crippen LogP contribution is -2.50. The number of hydroxylamine groups is 2. The zero-order valence-electron chi connectivity index (χ0n) is 18.4. The first-order valence-electron chi connectivity index (χ1n) is 9.37. The van der Waals surface area contributed by atoms with Gasteiger partial charge in [0.15, 0.2) is 0 Å². The SMILES string of the molecule is C=C/C=C(\C=C)COC(=C)C\C=C(/C=C\C=C/C)N(C)OC(C)(C)C(C)(C)O. The van der Waals surface area contributed by atoms with E-state index in [0.717, 1.165) is 11.3 Å². The number of ether oxygens (including phenoxy) is 1. The van der Waals surface area contributed by atoms with E-state index in [1.807, 2.05) is 64.3 Å². The molecule has 4 nitrogen and oxygen atoms in total. The van der Waals surface area contributed by atoms with Gasteiger partial charge in [-0.2, -0.15) is 0 Å². The van der Waals surface area contributed by atoms with Crippen molar-refractivity contribution in [2.45, 2.75) is 52.2 Å². The van der Waals surface area contributed by atoms with Crippen LogP contribution in [-0.2, 0) is 9.57 Å². The Morgan fingerprint density at radius 3 is 2.29 bits per heavy atom. The number of hydrogen-bond donors (Lipinski definition) is 1. The van der Waals surface area contributed by atoms with E-state index in [2.05, 4.69) is 19.7 Å². The summed E-state index contributed by atoms with van der Waals surface area (Å²) in [6, 6.07) is 0. The molecule has 156 valence electrons. The van der Waals surface area contributed by atoms with Crippen molar-refractivity contribution >= 4 is 0 Å². The summed E-state index contributed by atoms with van der Waals surface area (Å²) >= 11 is 0. The van der Waals surface area contributed by atoms with Crippen molar-refractivity contribution in [2.24, 2.45) is 0 Å². The number of allylic oxidation sites excluding steroid dienone is 7. The second-order valence-corrected chi connectivity index (χ2v) is 7.38. The Bertz CT molecular complexity index is 643. The van der Waals surface area contributed by atoms with Crippen molar-refractivity contribution in [3.05, 3.63) is 85.4 Å². The van der Waals surface area contributed by atoms with E-state index >= 15 is 0 Å². The van der Waals surface area contributed by atoms with Crippen molar-refractivity contribution < 1.29 is 14.7 Å². The van der Waals surface area contributed by atoms with Crippen LogP contribution < -0.4 is 0 Å². The molecule has 28 heavy (non-hydrogen) atoms. The molecule has 0 aliphatic rings. The van der Waals surface area contributed by atoms with Crippen molar-refractivity contribution in [2.75, 3.05) is 13.7 Å². The highest BCUT2D eigenvalue weighted by molar-refractivity contribution is 5.23. The number of nitrogens with zero attached hydrogens (tertiary/aromatic N) is 1. The van der Waals surface area contributed by atoms with Crippen LogP contribution in [0.3, 0.4) is 0 Å². The highest BCUT2D eigenvalue weighted by atomic mass is 16.7. The smallest absolute Gasteiger partial charge is 0.119 e. The molecule has 0 rings (SSSR count). The van der Waals surface area contributed by atoms with Gasteiger partial charge in [0, 0.05) is 13.5 Å². The van der Waals surface area contributed by atoms with Crippen LogP contribution in [-0.4, -0.2) is 35.0 Å². The van der Waals surface area contributed by atoms with Gasteiger partial charge in [-0.25, -0.2) is 0 Å². The van der Waals surface area contributed by atoms with Gasteiger partial charge >= 0.3 is 0 Å². The standard InChI is InChI=1S/C24H37NO3/c1-10-13-14-16-22(25(9)28-24(7,8)23(5,6)26)18-17-20(4)27-19-21(12-3)15-11-2/h10-16,18,26H,2-4,17,19H2,1,5-9H3/b13-10-,16-14-,21-15+,22-18+. The van der Waals surface area contributed by atoms with Crippen LogP contribution >= 0.6 is 0 Å². The minimum absolute atomic E-state index is 0.393. The van der Waals surface area contributed by atoms with E-state index in [1.165, 1.54) is 0 Å². The summed E-state index contributed by atoms with van der Waals surface area (Å²) in [7, 11) is 1.81. The van der Waals surface area contributed by atoms with Gasteiger partial charge < -0.3 is 9.84 Å². The minimum Gasteiger partial charge on any atom is -0.494 e. The van der Waals surface area contributed by atoms with Crippen molar-refractivity contribution in [1.82, 2.24) is 5.06 Å². The predicted molar refractivity (Wildman–Crippen MR) is 119 cm³/mol. The highest BCUT2D eigenvalue weighted by Crippen LogP contribution is 2.27. The first kappa shape index (κ1) is 25.7. The van der Waals surface area contributed by atoms with Gasteiger partial charge in [0.1, 0.15) is 12.2 Å². The Hall–Kier alpha value is -2.30. The van der Waals surface area contributed by atoms with Crippen LogP contribution in [0.2, 0.25) is 0 Å². The molecule has 0 aliphatic heterocycles. The van der Waals surface area contributed by atoms with E-state index in [-0.39, 0.29) is 0 Å². The van der Waals surface area contributed by atoms with Gasteiger partial charge in [0.25, 0.3) is 0 Å². The third-order valence-corrected chi connectivity index (χ3v) is 4.35. The highest BCUT2D eigenvalue weighted by Gasteiger charge is 2.38. The maximum Gasteiger partial charge on any atom is 0.119 e. The Morgan fingerprint density at radius 2 is 1.79 bits per heavy atom. The van der Waals surface area contributed by atoms with Crippen LogP contribution in [0.15, 0.2) is 85.4 Å². The fourth-order valence-corrected chi connectivity index (χ4v) is 1.86. The van der Waals surface area contributed by atoms with E-state index in [1.54, 1.807) is 31.1 Å². The number of aliphatic hydroxyl groups is 1. The van der Waals surface area contributed by atoms with Gasteiger partial charge in [-0.15, -0.1) is 0 Å². The van der Waals surface area contributed by atoms with Gasteiger partial charge in [0.05, 0.1) is 17.1 Å². The molecule has 0 aromatic rings. The molecule has 0 radical (unpaired) electrons. The third-order valence-electron chi connectivity index (χ3n) is 4.35. The molecule has 0 fully saturated rings. The second-order valence-electron chi connectivity index (χ2n) is 7.38. The lowest BCUT2D eigenvalue weighted by molar-refractivity contribution is -0.256.